The molecular formula is C31H37N3O5. The van der Waals surface area contributed by atoms with Gasteiger partial charge in [-0.1, -0.05) is 62.9 Å². The summed E-state index contributed by atoms with van der Waals surface area (Å²) in [5.41, 5.74) is 7.25. The molecule has 0 aromatic heterocycles. The fourth-order valence-electron chi connectivity index (χ4n) is 10.0. The Morgan fingerprint density at radius 3 is 2.67 bits per heavy atom. The Hall–Kier alpha value is -2.49. The van der Waals surface area contributed by atoms with E-state index in [0.29, 0.717) is 12.2 Å². The maximum Gasteiger partial charge on any atom is 0.213 e. The summed E-state index contributed by atoms with van der Waals surface area (Å²) >= 11 is 0. The summed E-state index contributed by atoms with van der Waals surface area (Å²) in [5, 5.41) is 14.6. The molecule has 1 aromatic rings. The second-order valence-electron chi connectivity index (χ2n) is 13.7. The molecule has 9 rings (SSSR count). The minimum atomic E-state index is -1.49. The van der Waals surface area contributed by atoms with Crippen molar-refractivity contribution < 1.29 is 24.1 Å². The molecule has 3 saturated carbocycles. The Balaban J connectivity index is 1.34. The number of Topliss-reactive ketones (excluding diaryl/α,β-unsaturated/α-hetero) is 1. The molecule has 206 valence electrons. The lowest BCUT2D eigenvalue weighted by atomic mass is 9.36. The zero-order valence-electron chi connectivity index (χ0n) is 22.9. The quantitative estimate of drug-likeness (QED) is 0.396. The summed E-state index contributed by atoms with van der Waals surface area (Å²) in [7, 11) is 0. The molecule has 3 spiro atoms. The normalized spacial score (nSPS) is 47.9. The minimum Gasteiger partial charge on any atom is -0.387 e. The molecule has 1 unspecified atom stereocenters. The zero-order chi connectivity index (χ0) is 27.2. The van der Waals surface area contributed by atoms with Crippen LogP contribution in [0.2, 0.25) is 0 Å². The van der Waals surface area contributed by atoms with E-state index in [1.54, 1.807) is 0 Å². The molecule has 9 atom stereocenters. The van der Waals surface area contributed by atoms with E-state index < -0.39 is 34.6 Å². The lowest BCUT2D eigenvalue weighted by Crippen LogP contribution is -2.89. The molecule has 0 radical (unpaired) electrons. The molecule has 39 heavy (non-hydrogen) atoms. The van der Waals surface area contributed by atoms with Gasteiger partial charge in [0.05, 0.1) is 24.4 Å². The van der Waals surface area contributed by atoms with Gasteiger partial charge in [0.15, 0.2) is 11.6 Å². The van der Waals surface area contributed by atoms with E-state index in [2.05, 4.69) is 66.9 Å². The summed E-state index contributed by atoms with van der Waals surface area (Å²) in [5.74, 6) is -2.99. The van der Waals surface area contributed by atoms with Crippen LogP contribution in [0.5, 0.6) is 0 Å². The molecule has 0 amide bonds. The maximum absolute atomic E-state index is 14.5. The number of ether oxygens (including phenoxy) is 3. The van der Waals surface area contributed by atoms with Crippen LogP contribution in [0.1, 0.15) is 46.1 Å². The van der Waals surface area contributed by atoms with Gasteiger partial charge in [0.2, 0.25) is 5.79 Å². The van der Waals surface area contributed by atoms with Gasteiger partial charge in [0, 0.05) is 29.0 Å². The summed E-state index contributed by atoms with van der Waals surface area (Å²) in [6, 6.07) is 9.99. The summed E-state index contributed by atoms with van der Waals surface area (Å²) < 4.78 is 20.1. The SMILES string of the molecule is C=C1C(=O)[C@@]23[C@@H]4OC(C)(C)OC25OC[C@]2([C@@H](N6C=C(c7ccccc7)NN6)C=CC(C)(C)[C@H]2[C@@H]5O)[C@@H]3CC[C@@H]14. The molecule has 6 fully saturated rings. The monoisotopic (exact) mass is 531 g/mol. The highest BCUT2D eigenvalue weighted by atomic mass is 16.8. The second-order valence-corrected chi connectivity index (χ2v) is 13.7. The van der Waals surface area contributed by atoms with Gasteiger partial charge in [-0.2, -0.15) is 0 Å². The predicted octanol–water partition coefficient (Wildman–Crippen LogP) is 3.28. The van der Waals surface area contributed by atoms with Crippen LogP contribution in [0.15, 0.2) is 60.8 Å². The molecule has 8 aliphatic rings. The standard InChI is InChI=1S/C31H37N3O5/c1-17-19-11-12-21-29-16-37-31(30(21,24(17)35)26(19)38-28(4,5)39-31)25(36)23(29)27(2,3)14-13-22(29)34-15-20(32-33-34)18-9-7-6-8-10-18/h6-10,13-15,19,21-23,25-26,32-33,36H,1,11-12,16H2,2-5H3/t19-,21-,22-,23+,25-,26+,29+,30-,31?/m0/s1. The number of aliphatic hydroxyl groups is 1. The Morgan fingerprint density at radius 2 is 1.90 bits per heavy atom. The molecule has 8 nitrogen and oxygen atoms in total. The number of hydrazine groups is 2. The van der Waals surface area contributed by atoms with Crippen LogP contribution < -0.4 is 11.0 Å². The zero-order valence-corrected chi connectivity index (χ0v) is 22.9. The van der Waals surface area contributed by atoms with Crippen molar-refractivity contribution in [2.24, 2.45) is 34.0 Å². The molecule has 4 bridgehead atoms. The van der Waals surface area contributed by atoms with Gasteiger partial charge in [-0.15, -0.1) is 5.53 Å². The van der Waals surface area contributed by atoms with E-state index in [1.165, 1.54) is 0 Å². The van der Waals surface area contributed by atoms with Crippen LogP contribution in [0.4, 0.5) is 0 Å². The number of carbonyl (C=O) groups excluding carboxylic acids is 1. The molecule has 4 aliphatic carbocycles. The van der Waals surface area contributed by atoms with Crippen LogP contribution in [-0.2, 0) is 19.0 Å². The van der Waals surface area contributed by atoms with Crippen molar-refractivity contribution in [1.82, 2.24) is 16.0 Å². The van der Waals surface area contributed by atoms with Gasteiger partial charge in [-0.05, 0) is 43.6 Å². The van der Waals surface area contributed by atoms with Crippen LogP contribution in [-0.4, -0.2) is 52.3 Å². The van der Waals surface area contributed by atoms with E-state index in [0.717, 1.165) is 24.1 Å². The number of nitrogens with one attached hydrogen (secondary N) is 2. The average Bonchev–Trinajstić information content (AvgIpc) is 3.42. The molecule has 3 N–H and O–H groups in total. The number of benzene rings is 1. The van der Waals surface area contributed by atoms with Crippen molar-refractivity contribution in [1.29, 1.82) is 0 Å². The number of nitrogens with zero attached hydrogens (tertiary/aromatic N) is 1. The van der Waals surface area contributed by atoms with E-state index in [-0.39, 0.29) is 35.0 Å². The second kappa shape index (κ2) is 7.22. The first-order chi connectivity index (χ1) is 18.5. The van der Waals surface area contributed by atoms with Crippen LogP contribution in [0.25, 0.3) is 5.70 Å². The molecule has 1 aromatic carbocycles. The molecule has 3 saturated heterocycles. The highest BCUT2D eigenvalue weighted by molar-refractivity contribution is 6.05. The molecular weight excluding hydrogens is 494 g/mol. The van der Waals surface area contributed by atoms with Crippen molar-refractivity contribution in [3.8, 4) is 0 Å². The van der Waals surface area contributed by atoms with Crippen molar-refractivity contribution in [3.63, 3.8) is 0 Å². The van der Waals surface area contributed by atoms with Crippen LogP contribution >= 0.6 is 0 Å². The first kappa shape index (κ1) is 24.3. The van der Waals surface area contributed by atoms with Crippen molar-refractivity contribution in [2.45, 2.75) is 70.4 Å². The van der Waals surface area contributed by atoms with Crippen LogP contribution in [0, 0.1) is 34.0 Å². The highest BCUT2D eigenvalue weighted by Gasteiger charge is 2.90. The summed E-state index contributed by atoms with van der Waals surface area (Å²) in [6.45, 7) is 12.7. The lowest BCUT2D eigenvalue weighted by molar-refractivity contribution is -0.529. The first-order valence-electron chi connectivity index (χ1n) is 14.2. The Labute approximate surface area is 229 Å². The van der Waals surface area contributed by atoms with Crippen LogP contribution in [0.3, 0.4) is 0 Å². The largest absolute Gasteiger partial charge is 0.387 e. The van der Waals surface area contributed by atoms with Gasteiger partial charge in [0.1, 0.15) is 11.5 Å². The van der Waals surface area contributed by atoms with E-state index in [1.807, 2.05) is 32.0 Å². The third-order valence-electron chi connectivity index (χ3n) is 11.1. The Morgan fingerprint density at radius 1 is 1.13 bits per heavy atom. The number of allylic oxidation sites excluding steroid dienone is 1. The fourth-order valence-corrected chi connectivity index (χ4v) is 10.0. The number of carbonyl (C=O) groups is 1. The highest BCUT2D eigenvalue weighted by Crippen LogP contribution is 2.79. The fraction of sp³-hybridized carbons (Fsp3) is 0.581. The topological polar surface area (TPSA) is 92.3 Å². The smallest absolute Gasteiger partial charge is 0.213 e. The number of aliphatic hydroxyl groups excluding tert-OH is 1. The Kier molecular flexibility index (Phi) is 4.50. The number of fused-ring (bicyclic) bond motifs is 1. The van der Waals surface area contributed by atoms with Gasteiger partial charge in [0.25, 0.3) is 0 Å². The molecule has 4 aliphatic heterocycles. The van der Waals surface area contributed by atoms with Gasteiger partial charge >= 0.3 is 0 Å². The predicted molar refractivity (Wildman–Crippen MR) is 143 cm³/mol. The summed E-state index contributed by atoms with van der Waals surface area (Å²) in [6.07, 6.45) is 6.73. The average molecular weight is 532 g/mol. The van der Waals surface area contributed by atoms with E-state index >= 15 is 0 Å². The lowest BCUT2D eigenvalue weighted by Gasteiger charge is -2.77. The van der Waals surface area contributed by atoms with Gasteiger partial charge in [-0.3, -0.25) is 9.80 Å². The van der Waals surface area contributed by atoms with Crippen molar-refractivity contribution >= 4 is 11.5 Å². The number of ketones is 1. The van der Waals surface area contributed by atoms with E-state index in [9.17, 15) is 9.90 Å². The minimum absolute atomic E-state index is 0.0498. The third-order valence-corrected chi connectivity index (χ3v) is 11.1. The van der Waals surface area contributed by atoms with Gasteiger partial charge in [-0.25, -0.2) is 0 Å². The van der Waals surface area contributed by atoms with E-state index in [4.69, 9.17) is 14.2 Å². The first-order valence-corrected chi connectivity index (χ1v) is 14.2. The Bertz CT molecular complexity index is 1350. The van der Waals surface area contributed by atoms with Crippen molar-refractivity contribution in [2.75, 3.05) is 6.61 Å². The van der Waals surface area contributed by atoms with Crippen molar-refractivity contribution in [3.05, 3.63) is 66.4 Å². The number of rotatable bonds is 2. The summed E-state index contributed by atoms with van der Waals surface area (Å²) in [4.78, 5) is 14.5. The number of hydrogen-bond acceptors (Lipinski definition) is 8. The maximum atomic E-state index is 14.5. The molecule has 8 heteroatoms. The number of hydrogen-bond donors (Lipinski definition) is 3. The third kappa shape index (κ3) is 2.57. The molecule has 4 heterocycles. The van der Waals surface area contributed by atoms with Gasteiger partial charge < -0.3 is 24.7 Å².